The number of hydrogen-bond donors (Lipinski definition) is 3. The third kappa shape index (κ3) is 4.88. The molecule has 3 rings (SSSR count). The number of aromatic nitrogens is 2. The highest BCUT2D eigenvalue weighted by Gasteiger charge is 2.43. The number of primary sulfonamides is 1. The van der Waals surface area contributed by atoms with E-state index in [1.807, 2.05) is 0 Å². The molecule has 0 bridgehead atoms. The van der Waals surface area contributed by atoms with E-state index in [0.29, 0.717) is 5.69 Å². The Morgan fingerprint density at radius 1 is 1.13 bits per heavy atom. The van der Waals surface area contributed by atoms with E-state index in [4.69, 9.17) is 5.14 Å². The quantitative estimate of drug-likeness (QED) is 0.660. The van der Waals surface area contributed by atoms with Gasteiger partial charge in [0.15, 0.2) is 11.6 Å². The molecule has 1 aliphatic rings. The molecule has 4 N–H and O–H groups in total. The number of nitrogens with one attached hydrogen (secondary N) is 2. The zero-order valence-corrected chi connectivity index (χ0v) is 18.7. The molecule has 0 radical (unpaired) electrons. The summed E-state index contributed by atoms with van der Waals surface area (Å²) in [6, 6.07) is 5.90. The van der Waals surface area contributed by atoms with Gasteiger partial charge in [-0.2, -0.15) is 4.98 Å². The molecule has 8 nitrogen and oxygen atoms in total. The van der Waals surface area contributed by atoms with Crippen molar-refractivity contribution in [2.75, 3.05) is 17.7 Å². The zero-order chi connectivity index (χ0) is 22.3. The van der Waals surface area contributed by atoms with Crippen molar-refractivity contribution in [2.45, 2.75) is 62.6 Å². The van der Waals surface area contributed by atoms with Gasteiger partial charge in [-0.15, -0.1) is 0 Å². The minimum atomic E-state index is -3.77. The number of anilines is 3. The predicted molar refractivity (Wildman–Crippen MR) is 116 cm³/mol. The van der Waals surface area contributed by atoms with Crippen LogP contribution in [0.25, 0.3) is 0 Å². The molecular weight excluding hydrogens is 407 g/mol. The van der Waals surface area contributed by atoms with Crippen LogP contribution in [0.15, 0.2) is 35.4 Å². The Bertz CT molecular complexity index is 1010. The van der Waals surface area contributed by atoms with Crippen LogP contribution in [0, 0.1) is 5.82 Å². The number of benzene rings is 1. The van der Waals surface area contributed by atoms with E-state index in [1.165, 1.54) is 12.1 Å². The van der Waals surface area contributed by atoms with Gasteiger partial charge in [-0.05, 0) is 71.8 Å². The summed E-state index contributed by atoms with van der Waals surface area (Å²) in [5.41, 5.74) is 0.464. The molecule has 0 spiro atoms. The van der Waals surface area contributed by atoms with Crippen molar-refractivity contribution in [3.63, 3.8) is 0 Å². The van der Waals surface area contributed by atoms with Crippen molar-refractivity contribution >= 4 is 27.5 Å². The smallest absolute Gasteiger partial charge is 0.238 e. The summed E-state index contributed by atoms with van der Waals surface area (Å²) in [4.78, 5) is 10.6. The Labute approximate surface area is 177 Å². The fourth-order valence-electron chi connectivity index (χ4n) is 4.05. The molecule has 1 aliphatic heterocycles. The fraction of sp³-hybridized carbons (Fsp3) is 0.500. The number of halogens is 1. The van der Waals surface area contributed by atoms with Gasteiger partial charge in [0.05, 0.1) is 11.1 Å². The third-order valence-corrected chi connectivity index (χ3v) is 6.76. The summed E-state index contributed by atoms with van der Waals surface area (Å²) >= 11 is 0. The van der Waals surface area contributed by atoms with E-state index in [0.717, 1.165) is 19.0 Å². The monoisotopic (exact) mass is 436 g/mol. The second-order valence-corrected chi connectivity index (χ2v) is 10.6. The van der Waals surface area contributed by atoms with Crippen molar-refractivity contribution < 1.29 is 12.8 Å². The van der Waals surface area contributed by atoms with Crippen molar-refractivity contribution in [2.24, 2.45) is 5.14 Å². The standard InChI is InChI=1S/C20H29FN6O2S/c1-19(2)10-14(11-20(3,4)27(19)5)24-17-16(21)12-23-18(26-17)25-13-6-8-15(9-7-13)30(22,28)29/h6-9,12,14H,10-11H2,1-5H3,(H2,22,28,29)(H2,23,24,25,26). The summed E-state index contributed by atoms with van der Waals surface area (Å²) in [5, 5.41) is 11.3. The van der Waals surface area contributed by atoms with Crippen LogP contribution in [0.5, 0.6) is 0 Å². The van der Waals surface area contributed by atoms with Gasteiger partial charge in [-0.3, -0.25) is 4.90 Å². The van der Waals surface area contributed by atoms with E-state index >= 15 is 0 Å². The highest BCUT2D eigenvalue weighted by Crippen LogP contribution is 2.38. The van der Waals surface area contributed by atoms with Crippen LogP contribution < -0.4 is 15.8 Å². The van der Waals surface area contributed by atoms with Crippen molar-refractivity contribution in [1.29, 1.82) is 0 Å². The molecule has 2 aromatic rings. The highest BCUT2D eigenvalue weighted by atomic mass is 32.2. The first-order valence-electron chi connectivity index (χ1n) is 9.71. The maximum absolute atomic E-state index is 14.4. The topological polar surface area (TPSA) is 113 Å². The molecular formula is C20H29FN6O2S. The molecule has 0 amide bonds. The van der Waals surface area contributed by atoms with Gasteiger partial charge in [0, 0.05) is 22.8 Å². The summed E-state index contributed by atoms with van der Waals surface area (Å²) in [5.74, 6) is -0.192. The molecule has 0 atom stereocenters. The second kappa shape index (κ2) is 7.75. The average Bonchev–Trinajstić information content (AvgIpc) is 2.62. The Kier molecular flexibility index (Phi) is 5.78. The lowest BCUT2D eigenvalue weighted by atomic mass is 9.77. The van der Waals surface area contributed by atoms with E-state index in [1.54, 1.807) is 12.1 Å². The molecule has 10 heteroatoms. The molecule has 164 valence electrons. The van der Waals surface area contributed by atoms with Crippen molar-refractivity contribution in [1.82, 2.24) is 14.9 Å². The predicted octanol–water partition coefficient (Wildman–Crippen LogP) is 3.07. The van der Waals surface area contributed by atoms with Gasteiger partial charge in [-0.1, -0.05) is 0 Å². The first-order chi connectivity index (χ1) is 13.8. The molecule has 1 fully saturated rings. The van der Waals surface area contributed by atoms with Crippen LogP contribution in [0.2, 0.25) is 0 Å². The van der Waals surface area contributed by atoms with Gasteiger partial charge < -0.3 is 10.6 Å². The van der Waals surface area contributed by atoms with Gasteiger partial charge in [-0.25, -0.2) is 22.9 Å². The third-order valence-electron chi connectivity index (χ3n) is 5.83. The number of nitrogens with zero attached hydrogens (tertiary/aromatic N) is 3. The summed E-state index contributed by atoms with van der Waals surface area (Å²) in [6.07, 6.45) is 2.80. The molecule has 1 aromatic heterocycles. The molecule has 1 aromatic carbocycles. The highest BCUT2D eigenvalue weighted by molar-refractivity contribution is 7.89. The molecule has 2 heterocycles. The SMILES string of the molecule is CN1C(C)(C)CC(Nc2nc(Nc3ccc(S(N)(=O)=O)cc3)ncc2F)CC1(C)C. The van der Waals surface area contributed by atoms with Gasteiger partial charge in [0.25, 0.3) is 0 Å². The first-order valence-corrected chi connectivity index (χ1v) is 11.3. The van der Waals surface area contributed by atoms with Crippen LogP contribution in [0.3, 0.4) is 0 Å². The maximum Gasteiger partial charge on any atom is 0.238 e. The molecule has 0 unspecified atom stereocenters. The van der Waals surface area contributed by atoms with Crippen LogP contribution in [0.4, 0.5) is 21.8 Å². The van der Waals surface area contributed by atoms with Crippen molar-refractivity contribution in [3.8, 4) is 0 Å². The number of sulfonamides is 1. The lowest BCUT2D eigenvalue weighted by Gasteiger charge is -2.53. The lowest BCUT2D eigenvalue weighted by Crippen LogP contribution is -2.61. The van der Waals surface area contributed by atoms with Gasteiger partial charge in [0.2, 0.25) is 16.0 Å². The molecule has 30 heavy (non-hydrogen) atoms. The van der Waals surface area contributed by atoms with Gasteiger partial charge in [0.1, 0.15) is 0 Å². The number of hydrogen-bond acceptors (Lipinski definition) is 7. The Hall–Kier alpha value is -2.30. The average molecular weight is 437 g/mol. The minimum Gasteiger partial charge on any atom is -0.365 e. The molecule has 1 saturated heterocycles. The van der Waals surface area contributed by atoms with Crippen LogP contribution >= 0.6 is 0 Å². The Balaban J connectivity index is 1.77. The maximum atomic E-state index is 14.4. The summed E-state index contributed by atoms with van der Waals surface area (Å²) in [6.45, 7) is 8.71. The van der Waals surface area contributed by atoms with E-state index in [2.05, 4.69) is 60.2 Å². The zero-order valence-electron chi connectivity index (χ0n) is 17.9. The number of likely N-dealkylation sites (tertiary alicyclic amines) is 1. The van der Waals surface area contributed by atoms with Crippen LogP contribution in [0.1, 0.15) is 40.5 Å². The van der Waals surface area contributed by atoms with E-state index < -0.39 is 15.8 Å². The second-order valence-electron chi connectivity index (χ2n) is 9.02. The van der Waals surface area contributed by atoms with Crippen LogP contribution in [-0.4, -0.2) is 47.5 Å². The fourth-order valence-corrected chi connectivity index (χ4v) is 4.57. The number of piperidine rings is 1. The Morgan fingerprint density at radius 3 is 2.23 bits per heavy atom. The number of nitrogens with two attached hydrogens (primary N) is 1. The summed E-state index contributed by atoms with van der Waals surface area (Å²) < 4.78 is 37.1. The minimum absolute atomic E-state index is 0.00271. The van der Waals surface area contributed by atoms with Crippen molar-refractivity contribution in [3.05, 3.63) is 36.3 Å². The van der Waals surface area contributed by atoms with Crippen LogP contribution in [-0.2, 0) is 10.0 Å². The summed E-state index contributed by atoms with van der Waals surface area (Å²) in [7, 11) is -1.65. The largest absolute Gasteiger partial charge is 0.365 e. The normalized spacial score (nSPS) is 19.4. The molecule has 0 aliphatic carbocycles. The first kappa shape index (κ1) is 22.4. The van der Waals surface area contributed by atoms with Gasteiger partial charge >= 0.3 is 0 Å². The van der Waals surface area contributed by atoms with E-state index in [-0.39, 0.29) is 33.8 Å². The number of rotatable bonds is 5. The Morgan fingerprint density at radius 2 is 1.70 bits per heavy atom. The molecule has 0 saturated carbocycles. The lowest BCUT2D eigenvalue weighted by molar-refractivity contribution is -0.00778. The van der Waals surface area contributed by atoms with E-state index in [9.17, 15) is 12.8 Å².